The molecular formula is C18H48O6P2S2. The fourth-order valence-corrected chi connectivity index (χ4v) is 1.56. The van der Waals surface area contributed by atoms with Crippen LogP contribution in [0.5, 0.6) is 0 Å². The van der Waals surface area contributed by atoms with E-state index >= 15 is 0 Å². The Morgan fingerprint density at radius 3 is 0.643 bits per heavy atom. The highest BCUT2D eigenvalue weighted by atomic mass is 32.5. The van der Waals surface area contributed by atoms with Crippen LogP contribution in [0.1, 0.15) is 119 Å². The van der Waals surface area contributed by atoms with Crippen LogP contribution in [0.3, 0.4) is 0 Å². The SMILES string of the molecule is CCC.CCC.CCCCCCCCCCCC.OP(O)(O)=S.OP(O)(O)=S. The van der Waals surface area contributed by atoms with Crippen LogP contribution in [0.25, 0.3) is 0 Å². The molecule has 0 aliphatic carbocycles. The molecule has 178 valence electrons. The molecule has 0 fully saturated rings. The zero-order chi connectivity index (χ0) is 23.5. The van der Waals surface area contributed by atoms with Crippen molar-refractivity contribution in [2.45, 2.75) is 119 Å². The number of hydrogen-bond donors (Lipinski definition) is 6. The Bertz CT molecular complexity index is 288. The summed E-state index contributed by atoms with van der Waals surface area (Å²) in [4.78, 5) is 45.3. The lowest BCUT2D eigenvalue weighted by Crippen LogP contribution is -1.80. The fourth-order valence-electron chi connectivity index (χ4n) is 1.56. The summed E-state index contributed by atoms with van der Waals surface area (Å²) >= 11 is 7.21. The van der Waals surface area contributed by atoms with Crippen LogP contribution in [-0.4, -0.2) is 29.4 Å². The van der Waals surface area contributed by atoms with Gasteiger partial charge in [-0.05, 0) is 23.6 Å². The van der Waals surface area contributed by atoms with Crippen molar-refractivity contribution in [3.63, 3.8) is 0 Å². The lowest BCUT2D eigenvalue weighted by molar-refractivity contribution is 0.361. The average molecular weight is 487 g/mol. The third kappa shape index (κ3) is 182. The van der Waals surface area contributed by atoms with Gasteiger partial charge in [-0.3, -0.25) is 0 Å². The van der Waals surface area contributed by atoms with Gasteiger partial charge in [-0.25, -0.2) is 0 Å². The third-order valence-corrected chi connectivity index (χ3v) is 2.46. The summed E-state index contributed by atoms with van der Waals surface area (Å²) in [6, 6.07) is 0. The van der Waals surface area contributed by atoms with Gasteiger partial charge in [-0.15, -0.1) is 0 Å². The predicted molar refractivity (Wildman–Crippen MR) is 131 cm³/mol. The first-order valence-corrected chi connectivity index (χ1v) is 15.6. The molecular weight excluding hydrogens is 438 g/mol. The molecule has 0 saturated carbocycles. The molecule has 28 heavy (non-hydrogen) atoms. The molecule has 10 heteroatoms. The Hall–Kier alpha value is 1.06. The maximum atomic E-state index is 7.56. The third-order valence-electron chi connectivity index (χ3n) is 2.46. The molecule has 0 bridgehead atoms. The Kier molecular flexibility index (Phi) is 46.2. The first-order chi connectivity index (χ1) is 12.7. The van der Waals surface area contributed by atoms with Crippen molar-refractivity contribution in [3.8, 4) is 0 Å². The molecule has 0 spiro atoms. The van der Waals surface area contributed by atoms with Crippen molar-refractivity contribution in [1.82, 2.24) is 0 Å². The summed E-state index contributed by atoms with van der Waals surface area (Å²) in [5.41, 5.74) is 0. The normalized spacial score (nSPS) is 10.0. The minimum absolute atomic E-state index is 1.25. The van der Waals surface area contributed by atoms with E-state index in [1.165, 1.54) is 77.0 Å². The minimum atomic E-state index is -3.81. The van der Waals surface area contributed by atoms with Gasteiger partial charge in [0.25, 0.3) is 0 Å². The van der Waals surface area contributed by atoms with Crippen molar-refractivity contribution in [2.75, 3.05) is 0 Å². The van der Waals surface area contributed by atoms with Gasteiger partial charge in [0.15, 0.2) is 0 Å². The van der Waals surface area contributed by atoms with E-state index in [0.29, 0.717) is 0 Å². The van der Waals surface area contributed by atoms with Crippen LogP contribution >= 0.6 is 13.4 Å². The van der Waals surface area contributed by atoms with Crippen LogP contribution in [0.2, 0.25) is 0 Å². The fraction of sp³-hybridized carbons (Fsp3) is 1.00. The maximum Gasteiger partial charge on any atom is 0.319 e. The van der Waals surface area contributed by atoms with Gasteiger partial charge >= 0.3 is 13.4 Å². The van der Waals surface area contributed by atoms with Crippen molar-refractivity contribution < 1.29 is 29.4 Å². The molecule has 0 aromatic heterocycles. The van der Waals surface area contributed by atoms with E-state index in [1.807, 2.05) is 0 Å². The first kappa shape index (κ1) is 39.5. The van der Waals surface area contributed by atoms with Crippen LogP contribution in [0, 0.1) is 0 Å². The Labute approximate surface area is 184 Å². The standard InChI is InChI=1S/C12H26.2C3H8.2H3O3PS/c1-3-5-7-9-11-12-10-8-6-4-2;2*1-3-2;2*1-4(2,3)5/h3-12H2,1-2H3;2*3H2,1-2H3;2*(H3,1,2,3,5). The monoisotopic (exact) mass is 486 g/mol. The van der Waals surface area contributed by atoms with Gasteiger partial charge in [-0.2, -0.15) is 0 Å². The number of unbranched alkanes of at least 4 members (excludes halogenated alkanes) is 9. The van der Waals surface area contributed by atoms with E-state index in [1.54, 1.807) is 0 Å². The first-order valence-electron chi connectivity index (χ1n) is 10.3. The van der Waals surface area contributed by atoms with Crippen LogP contribution in [0.15, 0.2) is 0 Å². The van der Waals surface area contributed by atoms with Gasteiger partial charge in [0, 0.05) is 0 Å². The van der Waals surface area contributed by atoms with Crippen molar-refractivity contribution in [1.29, 1.82) is 0 Å². The van der Waals surface area contributed by atoms with E-state index in [4.69, 9.17) is 29.4 Å². The van der Waals surface area contributed by atoms with E-state index in [2.05, 4.69) is 65.2 Å². The average Bonchev–Trinajstić information content (AvgIpc) is 2.48. The summed E-state index contributed by atoms with van der Waals surface area (Å²) in [5.74, 6) is 0. The molecule has 0 unspecified atom stereocenters. The molecule has 0 amide bonds. The summed E-state index contributed by atoms with van der Waals surface area (Å²) in [6.45, 7) is 5.45. The summed E-state index contributed by atoms with van der Waals surface area (Å²) < 4.78 is 0. The molecule has 6 nitrogen and oxygen atoms in total. The molecule has 0 aliphatic heterocycles. The highest BCUT2D eigenvalue weighted by Gasteiger charge is 1.93. The molecule has 0 atom stereocenters. The van der Waals surface area contributed by atoms with Crippen molar-refractivity contribution in [2.24, 2.45) is 0 Å². The van der Waals surface area contributed by atoms with E-state index < -0.39 is 13.4 Å². The van der Waals surface area contributed by atoms with Crippen LogP contribution < -0.4 is 0 Å². The molecule has 0 aliphatic rings. The van der Waals surface area contributed by atoms with Gasteiger partial charge in [-0.1, -0.05) is 119 Å². The van der Waals surface area contributed by atoms with Gasteiger partial charge < -0.3 is 29.4 Å². The number of hydrogen-bond acceptors (Lipinski definition) is 2. The Morgan fingerprint density at radius 1 is 0.429 bits per heavy atom. The van der Waals surface area contributed by atoms with Gasteiger partial charge in [0.05, 0.1) is 0 Å². The minimum Gasteiger partial charge on any atom is -0.325 e. The summed E-state index contributed by atoms with van der Waals surface area (Å²) in [7, 11) is 0. The zero-order valence-electron chi connectivity index (χ0n) is 18.9. The molecule has 0 aromatic carbocycles. The van der Waals surface area contributed by atoms with E-state index in [-0.39, 0.29) is 0 Å². The largest absolute Gasteiger partial charge is 0.325 e. The molecule has 0 radical (unpaired) electrons. The van der Waals surface area contributed by atoms with E-state index in [0.717, 1.165) is 0 Å². The summed E-state index contributed by atoms with van der Waals surface area (Å²) in [6.07, 6.45) is 16.9. The molecule has 6 N–H and O–H groups in total. The molecule has 0 aromatic rings. The molecule has 0 rings (SSSR count). The van der Waals surface area contributed by atoms with Crippen LogP contribution in [-0.2, 0) is 23.6 Å². The second kappa shape index (κ2) is 32.7. The topological polar surface area (TPSA) is 121 Å². The second-order valence-electron chi connectivity index (χ2n) is 6.27. The summed E-state index contributed by atoms with van der Waals surface area (Å²) in [5, 5.41) is 0. The lowest BCUT2D eigenvalue weighted by atomic mass is 10.1. The molecule has 0 saturated heterocycles. The zero-order valence-corrected chi connectivity index (χ0v) is 22.3. The Morgan fingerprint density at radius 2 is 0.536 bits per heavy atom. The predicted octanol–water partition coefficient (Wildman–Crippen LogP) is 6.14. The quantitative estimate of drug-likeness (QED) is 0.170. The molecule has 0 heterocycles. The van der Waals surface area contributed by atoms with E-state index in [9.17, 15) is 0 Å². The van der Waals surface area contributed by atoms with Gasteiger partial charge in [0.1, 0.15) is 0 Å². The highest BCUT2D eigenvalue weighted by molar-refractivity contribution is 8.06. The number of rotatable bonds is 9. The van der Waals surface area contributed by atoms with Gasteiger partial charge in [0.2, 0.25) is 0 Å². The van der Waals surface area contributed by atoms with Crippen molar-refractivity contribution >= 4 is 37.1 Å². The second-order valence-corrected chi connectivity index (χ2v) is 11.3. The smallest absolute Gasteiger partial charge is 0.319 e. The maximum absolute atomic E-state index is 7.56. The lowest BCUT2D eigenvalue weighted by Gasteiger charge is -1.99. The Balaban J connectivity index is -0.0000000916. The van der Waals surface area contributed by atoms with Crippen LogP contribution in [0.4, 0.5) is 0 Å². The van der Waals surface area contributed by atoms with Crippen molar-refractivity contribution in [3.05, 3.63) is 0 Å². The highest BCUT2D eigenvalue weighted by Crippen LogP contribution is 2.26.